The lowest BCUT2D eigenvalue weighted by Gasteiger charge is -2.46. The van der Waals surface area contributed by atoms with Crippen molar-refractivity contribution in [3.8, 4) is 0 Å². The van der Waals surface area contributed by atoms with Crippen LogP contribution < -0.4 is 16.4 Å². The molecule has 1 amide bonds. The van der Waals surface area contributed by atoms with E-state index >= 15 is 0 Å². The first-order valence-electron chi connectivity index (χ1n) is 31.1. The third kappa shape index (κ3) is 24.9. The van der Waals surface area contributed by atoms with Crippen molar-refractivity contribution in [3.05, 3.63) is 115 Å². The van der Waals surface area contributed by atoms with Crippen LogP contribution >= 0.6 is 0 Å². The zero-order valence-corrected chi connectivity index (χ0v) is 51.6. The first-order valence-corrected chi connectivity index (χ1v) is 31.1. The van der Waals surface area contributed by atoms with Crippen LogP contribution in [0.2, 0.25) is 0 Å². The molecule has 88 heavy (non-hydrogen) atoms. The maximum absolute atomic E-state index is 14.1. The second-order valence-corrected chi connectivity index (χ2v) is 24.4. The van der Waals surface area contributed by atoms with E-state index in [0.29, 0.717) is 24.9 Å². The van der Waals surface area contributed by atoms with Gasteiger partial charge >= 0.3 is 5.97 Å². The number of carbonyl (C=O) groups excluding carboxylic acids is 4. The van der Waals surface area contributed by atoms with Crippen molar-refractivity contribution < 1.29 is 89.2 Å². The molecule has 0 radical (unpaired) electrons. The van der Waals surface area contributed by atoms with Crippen LogP contribution in [0.15, 0.2) is 109 Å². The molecule has 0 aromatic heterocycles. The Morgan fingerprint density at radius 3 is 1.97 bits per heavy atom. The lowest BCUT2D eigenvalue weighted by molar-refractivity contribution is -0.307. The summed E-state index contributed by atoms with van der Waals surface area (Å²) in [6.45, 7) is 6.51. The zero-order valence-electron chi connectivity index (χ0n) is 51.6. The Bertz CT molecular complexity index is 2520. The van der Waals surface area contributed by atoms with Crippen LogP contribution in [0, 0.1) is 17.8 Å². The number of likely N-dealkylation sites (tertiary alicyclic amines) is 1. The predicted octanol–water partition coefficient (Wildman–Crippen LogP) is 3.26. The average Bonchev–Trinajstić information content (AvgIpc) is 1.15. The highest BCUT2D eigenvalue weighted by atomic mass is 16.7. The van der Waals surface area contributed by atoms with Crippen molar-refractivity contribution in [3.63, 3.8) is 0 Å². The highest BCUT2D eigenvalue weighted by Gasteiger charge is 2.51. The molecule has 22 nitrogen and oxygen atoms in total. The number of hydrogen-bond acceptors (Lipinski definition) is 21. The van der Waals surface area contributed by atoms with Gasteiger partial charge in [-0.2, -0.15) is 0 Å². The standard InChI is InChI=1S/C66H100N4O18/c1-41-19-16-14-12-10-8-6-7-9-11-13-15-17-21-54(86-65-62(82)60(67)61(81)43(3)85-65)38-57-59(64(83)69-29-28-46-20-18-30-70(46)5)56(79)40-66(84,88-57)39-53(77)35-51(75)33-49(73)31-48(72)32-50(74)34-52(76)37-58(80)87-63(41)42(2)22-27-47(71)36-55(78)44-23-25-45(68-4)26-24-44/h6-17,19,21,23-26,41-43,46-49,51-54,56-57,59-63,65,68,71-73,75-77,79,81-82,84H,18,20,22,27-40,67H2,1-5H3,(H,69,83)/b7-6-,10-8-,11-9+,14-12+,15-13+,19-16+,21-17+/t41?,42?,43-,46?,47?,48?,49?,51?,52?,53?,54?,56?,57?,59?,60+,61-,62+,63?,65+,66?/m1/s1. The van der Waals surface area contributed by atoms with Crippen LogP contribution in [0.4, 0.5) is 5.69 Å². The molecule has 1 aromatic carbocycles. The second kappa shape index (κ2) is 37.3. The van der Waals surface area contributed by atoms with E-state index in [1.54, 1.807) is 99.0 Å². The lowest BCUT2D eigenvalue weighted by Crippen LogP contribution is -2.62. The van der Waals surface area contributed by atoms with E-state index < -0.39 is 160 Å². The van der Waals surface area contributed by atoms with Gasteiger partial charge in [0.15, 0.2) is 17.9 Å². The Hall–Kier alpha value is -5.12. The Balaban J connectivity index is 1.35. The quantitative estimate of drug-likeness (QED) is 0.0939. The van der Waals surface area contributed by atoms with Gasteiger partial charge < -0.3 is 91.3 Å². The summed E-state index contributed by atoms with van der Waals surface area (Å²) in [4.78, 5) is 55.8. The summed E-state index contributed by atoms with van der Waals surface area (Å²) in [5.41, 5.74) is 7.48. The number of fused-ring (bicyclic) bond motifs is 2. The van der Waals surface area contributed by atoms with Gasteiger partial charge in [-0.05, 0) is 102 Å². The number of rotatable bonds is 14. The molecule has 0 spiro atoms. The van der Waals surface area contributed by atoms with Crippen molar-refractivity contribution in [1.82, 2.24) is 10.2 Å². The average molecular weight is 1240 g/mol. The lowest BCUT2D eigenvalue weighted by atomic mass is 9.82. The van der Waals surface area contributed by atoms with Crippen LogP contribution in [0.25, 0.3) is 0 Å². The molecule has 3 fully saturated rings. The molecule has 14 N–H and O–H groups in total. The van der Waals surface area contributed by atoms with E-state index in [2.05, 4.69) is 15.5 Å². The number of nitrogens with one attached hydrogen (secondary N) is 2. The Kier molecular flexibility index (Phi) is 31.2. The third-order valence-electron chi connectivity index (χ3n) is 16.8. The first kappa shape index (κ1) is 73.6. The number of Topliss-reactive ketones (excluding diaryl/α,β-unsaturated/α-hetero) is 2. The normalized spacial score (nSPS) is 37.6. The van der Waals surface area contributed by atoms with Gasteiger partial charge in [0.2, 0.25) is 5.91 Å². The van der Waals surface area contributed by atoms with Crippen molar-refractivity contribution in [1.29, 1.82) is 0 Å². The number of carbonyl (C=O) groups is 4. The number of ether oxygens (including phenoxy) is 4. The number of ketones is 2. The summed E-state index contributed by atoms with van der Waals surface area (Å²) in [5.74, 6) is -6.39. The van der Waals surface area contributed by atoms with E-state index in [0.717, 1.165) is 25.1 Å². The van der Waals surface area contributed by atoms with Crippen LogP contribution in [0.3, 0.4) is 0 Å². The molecular formula is C66H100N4O18. The molecule has 4 aliphatic heterocycles. The van der Waals surface area contributed by atoms with E-state index in [1.165, 1.54) is 0 Å². The number of esters is 1. The van der Waals surface area contributed by atoms with E-state index in [1.807, 2.05) is 45.2 Å². The molecule has 22 heteroatoms. The van der Waals surface area contributed by atoms with Gasteiger partial charge in [-0.25, -0.2) is 0 Å². The molecule has 1 aromatic rings. The van der Waals surface area contributed by atoms with Gasteiger partial charge in [0, 0.05) is 75.3 Å². The van der Waals surface area contributed by atoms with Crippen molar-refractivity contribution in [2.45, 2.75) is 221 Å². The molecule has 4 heterocycles. The highest BCUT2D eigenvalue weighted by Crippen LogP contribution is 2.38. The minimum absolute atomic E-state index is 0.102. The topological polar surface area (TPSA) is 361 Å². The summed E-state index contributed by atoms with van der Waals surface area (Å²) < 4.78 is 24.4. The number of hydrogen-bond donors (Lipinski definition) is 13. The number of benzene rings is 1. The summed E-state index contributed by atoms with van der Waals surface area (Å²) in [6, 6.07) is 6.04. The molecule has 4 aliphatic rings. The molecular weight excluding hydrogens is 1140 g/mol. The van der Waals surface area contributed by atoms with Gasteiger partial charge in [0.05, 0.1) is 85.5 Å². The number of nitrogens with zero attached hydrogens (tertiary/aromatic N) is 1. The van der Waals surface area contributed by atoms with E-state index in [4.69, 9.17) is 24.7 Å². The number of aliphatic hydroxyl groups excluding tert-OH is 9. The summed E-state index contributed by atoms with van der Waals surface area (Å²) in [5, 5.41) is 117. The Morgan fingerprint density at radius 1 is 0.761 bits per heavy atom. The maximum atomic E-state index is 14.1. The van der Waals surface area contributed by atoms with Gasteiger partial charge in [0.1, 0.15) is 18.0 Å². The largest absolute Gasteiger partial charge is 0.461 e. The van der Waals surface area contributed by atoms with Crippen LogP contribution in [0.5, 0.6) is 0 Å². The Morgan fingerprint density at radius 2 is 1.35 bits per heavy atom. The summed E-state index contributed by atoms with van der Waals surface area (Å²) >= 11 is 0. The molecule has 0 aliphatic carbocycles. The van der Waals surface area contributed by atoms with Gasteiger partial charge in [0.25, 0.3) is 0 Å². The van der Waals surface area contributed by atoms with Gasteiger partial charge in [-0.15, -0.1) is 0 Å². The van der Waals surface area contributed by atoms with E-state index in [9.17, 15) is 70.2 Å². The fourth-order valence-electron chi connectivity index (χ4n) is 11.9. The number of allylic oxidation sites excluding steroid dienone is 12. The minimum Gasteiger partial charge on any atom is -0.461 e. The fourth-order valence-corrected chi connectivity index (χ4v) is 11.9. The first-order chi connectivity index (χ1) is 41.8. The number of amides is 1. The second-order valence-electron chi connectivity index (χ2n) is 24.4. The van der Waals surface area contributed by atoms with Gasteiger partial charge in [-0.1, -0.05) is 98.9 Å². The molecule has 5 rings (SSSR count). The fraction of sp³-hybridized carbons (Fsp3) is 0.636. The molecule has 20 atom stereocenters. The third-order valence-corrected chi connectivity index (χ3v) is 16.8. The van der Waals surface area contributed by atoms with Gasteiger partial charge in [-0.3, -0.25) is 19.2 Å². The number of nitrogens with two attached hydrogens (primary N) is 1. The molecule has 0 saturated carbocycles. The van der Waals surface area contributed by atoms with Crippen LogP contribution in [-0.4, -0.2) is 210 Å². The molecule has 2 bridgehead atoms. The number of anilines is 1. The van der Waals surface area contributed by atoms with Crippen LogP contribution in [-0.2, 0) is 33.3 Å². The minimum atomic E-state index is -2.28. The van der Waals surface area contributed by atoms with Crippen molar-refractivity contribution in [2.24, 2.45) is 23.5 Å². The maximum Gasteiger partial charge on any atom is 0.308 e. The Labute approximate surface area is 518 Å². The molecule has 3 saturated heterocycles. The number of cyclic esters (lactones) is 1. The predicted molar refractivity (Wildman–Crippen MR) is 331 cm³/mol. The number of aliphatic hydroxyl groups is 10. The smallest absolute Gasteiger partial charge is 0.308 e. The van der Waals surface area contributed by atoms with Crippen molar-refractivity contribution in [2.75, 3.05) is 32.5 Å². The molecule has 15 unspecified atom stereocenters. The highest BCUT2D eigenvalue weighted by molar-refractivity contribution is 5.96. The van der Waals surface area contributed by atoms with E-state index in [-0.39, 0.29) is 55.8 Å². The zero-order chi connectivity index (χ0) is 64.5. The van der Waals surface area contributed by atoms with Crippen LogP contribution in [0.1, 0.15) is 127 Å². The summed E-state index contributed by atoms with van der Waals surface area (Å²) in [7, 11) is 3.79. The summed E-state index contributed by atoms with van der Waals surface area (Å²) in [6.07, 6.45) is 6.19. The monoisotopic (exact) mass is 1240 g/mol. The van der Waals surface area contributed by atoms with Crippen molar-refractivity contribution >= 4 is 29.1 Å². The SMILES string of the molecule is CNc1ccc(C(=O)CC(O)CCC(C)C2OC(=O)CC(O)CC(=O)CC(O)CC(O)CC(O)CC(O)CC3(O)CC(O)C(C(=O)NCCC4CCCN4C)C(CC(O[C@@H]4O[C@H](C)[C@@H](O)[C@H](N)[C@@H]4O)/C=C/C=C/C=C/C=C\C=C/C=C/C=C/C2C)O3)cc1. The molecule has 492 valence electrons.